The molecule has 0 aliphatic heterocycles. The van der Waals surface area contributed by atoms with Gasteiger partial charge in [-0.2, -0.15) is 0 Å². The van der Waals surface area contributed by atoms with E-state index < -0.39 is 0 Å². The number of aromatic nitrogens is 4. The third kappa shape index (κ3) is 2.85. The molecule has 0 amide bonds. The highest BCUT2D eigenvalue weighted by molar-refractivity contribution is 5.89. The summed E-state index contributed by atoms with van der Waals surface area (Å²) in [5.74, 6) is 0.161. The molecule has 0 aliphatic carbocycles. The Morgan fingerprint density at radius 1 is 1.09 bits per heavy atom. The van der Waals surface area contributed by atoms with E-state index in [1.54, 1.807) is 31.2 Å². The molecule has 6 heteroatoms. The quantitative estimate of drug-likeness (QED) is 0.691. The maximum Gasteiger partial charge on any atom is 0.338 e. The molecule has 0 atom stereocenters. The van der Waals surface area contributed by atoms with Crippen LogP contribution in [0.25, 0.3) is 17.1 Å². The largest absolute Gasteiger partial charge is 0.462 e. The van der Waals surface area contributed by atoms with Crippen LogP contribution in [0.2, 0.25) is 0 Å². The molecular weight excluding hydrogens is 280 g/mol. The molecule has 3 aromatic rings. The van der Waals surface area contributed by atoms with Crippen molar-refractivity contribution in [3.63, 3.8) is 0 Å². The second kappa shape index (κ2) is 6.17. The van der Waals surface area contributed by atoms with Crippen molar-refractivity contribution >= 4 is 5.97 Å². The van der Waals surface area contributed by atoms with Crippen LogP contribution < -0.4 is 0 Å². The third-order valence-corrected chi connectivity index (χ3v) is 3.05. The molecular formula is C16H14N4O2. The van der Waals surface area contributed by atoms with Crippen LogP contribution >= 0.6 is 0 Å². The van der Waals surface area contributed by atoms with Gasteiger partial charge in [-0.3, -0.25) is 0 Å². The van der Waals surface area contributed by atoms with Crippen LogP contribution in [-0.4, -0.2) is 32.8 Å². The fraction of sp³-hybridized carbons (Fsp3) is 0.125. The molecule has 2 aromatic carbocycles. The SMILES string of the molecule is CCOC(=O)c1ccc(-c2nnn(-c3ccccc3)n2)cc1. The summed E-state index contributed by atoms with van der Waals surface area (Å²) in [7, 11) is 0. The molecule has 3 rings (SSSR count). The van der Waals surface area contributed by atoms with E-state index >= 15 is 0 Å². The van der Waals surface area contributed by atoms with E-state index in [1.165, 1.54) is 4.80 Å². The number of esters is 1. The first kappa shape index (κ1) is 13.9. The van der Waals surface area contributed by atoms with Gasteiger partial charge in [0.2, 0.25) is 5.82 Å². The Kier molecular flexibility index (Phi) is 3.91. The molecule has 6 nitrogen and oxygen atoms in total. The van der Waals surface area contributed by atoms with Gasteiger partial charge < -0.3 is 4.74 Å². The molecule has 0 bridgehead atoms. The predicted octanol–water partition coefficient (Wildman–Crippen LogP) is 2.51. The van der Waals surface area contributed by atoms with Gasteiger partial charge in [-0.15, -0.1) is 15.0 Å². The number of rotatable bonds is 4. The van der Waals surface area contributed by atoms with Gasteiger partial charge in [-0.05, 0) is 36.4 Å². The zero-order valence-corrected chi connectivity index (χ0v) is 12.0. The van der Waals surface area contributed by atoms with Crippen LogP contribution in [0, 0.1) is 0 Å². The first-order valence-corrected chi connectivity index (χ1v) is 6.91. The van der Waals surface area contributed by atoms with E-state index in [0.717, 1.165) is 11.3 Å². The van der Waals surface area contributed by atoms with E-state index in [4.69, 9.17) is 4.74 Å². The Morgan fingerprint density at radius 3 is 2.50 bits per heavy atom. The molecule has 0 saturated heterocycles. The number of ether oxygens (including phenoxy) is 1. The standard InChI is InChI=1S/C16H14N4O2/c1-2-22-16(21)13-10-8-12(9-11-13)15-17-19-20(18-15)14-6-4-3-5-7-14/h3-11H,2H2,1H3. The van der Waals surface area contributed by atoms with Gasteiger partial charge in [-0.1, -0.05) is 30.3 Å². The smallest absolute Gasteiger partial charge is 0.338 e. The molecule has 0 fully saturated rings. The number of tetrazole rings is 1. The van der Waals surface area contributed by atoms with Gasteiger partial charge in [-0.25, -0.2) is 4.79 Å². The van der Waals surface area contributed by atoms with Crippen LogP contribution in [0.3, 0.4) is 0 Å². The highest BCUT2D eigenvalue weighted by atomic mass is 16.5. The van der Waals surface area contributed by atoms with Gasteiger partial charge >= 0.3 is 5.97 Å². The summed E-state index contributed by atoms with van der Waals surface area (Å²) in [5.41, 5.74) is 2.13. The lowest BCUT2D eigenvalue weighted by Crippen LogP contribution is -2.04. The van der Waals surface area contributed by atoms with Crippen LogP contribution in [0.1, 0.15) is 17.3 Å². The monoisotopic (exact) mass is 294 g/mol. The Balaban J connectivity index is 1.83. The summed E-state index contributed by atoms with van der Waals surface area (Å²) in [6, 6.07) is 16.5. The maximum atomic E-state index is 11.6. The minimum absolute atomic E-state index is 0.338. The van der Waals surface area contributed by atoms with E-state index in [0.29, 0.717) is 18.0 Å². The Bertz CT molecular complexity index is 766. The second-order valence-electron chi connectivity index (χ2n) is 4.54. The Hall–Kier alpha value is -3.02. The van der Waals surface area contributed by atoms with Crippen molar-refractivity contribution in [1.29, 1.82) is 0 Å². The molecule has 1 heterocycles. The van der Waals surface area contributed by atoms with E-state index in [1.807, 2.05) is 30.3 Å². The lowest BCUT2D eigenvalue weighted by Gasteiger charge is -2.01. The van der Waals surface area contributed by atoms with Gasteiger partial charge in [0.1, 0.15) is 0 Å². The van der Waals surface area contributed by atoms with Gasteiger partial charge in [0.25, 0.3) is 0 Å². The molecule has 0 radical (unpaired) electrons. The number of nitrogens with zero attached hydrogens (tertiary/aromatic N) is 4. The van der Waals surface area contributed by atoms with Crippen molar-refractivity contribution in [2.45, 2.75) is 6.92 Å². The average molecular weight is 294 g/mol. The minimum atomic E-state index is -0.338. The molecule has 22 heavy (non-hydrogen) atoms. The maximum absolute atomic E-state index is 11.6. The van der Waals surface area contributed by atoms with Crippen LogP contribution in [0.4, 0.5) is 0 Å². The lowest BCUT2D eigenvalue weighted by molar-refractivity contribution is 0.0526. The Labute approximate surface area is 127 Å². The van der Waals surface area contributed by atoms with Crippen LogP contribution in [0.5, 0.6) is 0 Å². The van der Waals surface area contributed by atoms with E-state index in [9.17, 15) is 4.79 Å². The fourth-order valence-corrected chi connectivity index (χ4v) is 1.97. The third-order valence-electron chi connectivity index (χ3n) is 3.05. The van der Waals surface area contributed by atoms with Crippen molar-refractivity contribution in [2.75, 3.05) is 6.61 Å². The number of para-hydroxylation sites is 1. The lowest BCUT2D eigenvalue weighted by atomic mass is 10.1. The molecule has 0 unspecified atom stereocenters. The summed E-state index contributed by atoms with van der Waals surface area (Å²) in [5, 5.41) is 12.4. The van der Waals surface area contributed by atoms with Gasteiger partial charge in [0, 0.05) is 5.56 Å². The van der Waals surface area contributed by atoms with Crippen LogP contribution in [-0.2, 0) is 4.74 Å². The first-order valence-electron chi connectivity index (χ1n) is 6.91. The van der Waals surface area contributed by atoms with Crippen molar-refractivity contribution in [1.82, 2.24) is 20.2 Å². The summed E-state index contributed by atoms with van der Waals surface area (Å²) < 4.78 is 4.95. The number of carbonyl (C=O) groups excluding carboxylic acids is 1. The molecule has 0 saturated carbocycles. The Morgan fingerprint density at radius 2 is 1.82 bits per heavy atom. The highest BCUT2D eigenvalue weighted by Gasteiger charge is 2.10. The molecule has 1 aromatic heterocycles. The number of hydrogen-bond acceptors (Lipinski definition) is 5. The average Bonchev–Trinajstić information content (AvgIpc) is 3.06. The van der Waals surface area contributed by atoms with Gasteiger partial charge in [0.15, 0.2) is 0 Å². The molecule has 0 spiro atoms. The summed E-state index contributed by atoms with van der Waals surface area (Å²) in [6.07, 6.45) is 0. The van der Waals surface area contributed by atoms with Crippen molar-refractivity contribution in [3.05, 3.63) is 60.2 Å². The van der Waals surface area contributed by atoms with Crippen LogP contribution in [0.15, 0.2) is 54.6 Å². The topological polar surface area (TPSA) is 69.9 Å². The van der Waals surface area contributed by atoms with Crippen molar-refractivity contribution < 1.29 is 9.53 Å². The summed E-state index contributed by atoms with van der Waals surface area (Å²) in [4.78, 5) is 13.1. The van der Waals surface area contributed by atoms with E-state index in [-0.39, 0.29) is 5.97 Å². The molecule has 110 valence electrons. The minimum Gasteiger partial charge on any atom is -0.462 e. The summed E-state index contributed by atoms with van der Waals surface area (Å²) in [6.45, 7) is 2.13. The normalized spacial score (nSPS) is 10.4. The first-order chi connectivity index (χ1) is 10.8. The van der Waals surface area contributed by atoms with Crippen molar-refractivity contribution in [3.8, 4) is 17.1 Å². The molecule has 0 aliphatic rings. The second-order valence-corrected chi connectivity index (χ2v) is 4.54. The zero-order chi connectivity index (χ0) is 15.4. The number of benzene rings is 2. The van der Waals surface area contributed by atoms with Gasteiger partial charge in [0.05, 0.1) is 17.9 Å². The fourth-order valence-electron chi connectivity index (χ4n) is 1.97. The van der Waals surface area contributed by atoms with Crippen molar-refractivity contribution in [2.24, 2.45) is 0 Å². The predicted molar refractivity (Wildman–Crippen MR) is 80.5 cm³/mol. The zero-order valence-electron chi connectivity index (χ0n) is 12.0. The number of hydrogen-bond donors (Lipinski definition) is 0. The number of carbonyl (C=O) groups is 1. The van der Waals surface area contributed by atoms with E-state index in [2.05, 4.69) is 15.4 Å². The highest BCUT2D eigenvalue weighted by Crippen LogP contribution is 2.16. The molecule has 0 N–H and O–H groups in total. The summed E-state index contributed by atoms with van der Waals surface area (Å²) >= 11 is 0.